The highest BCUT2D eigenvalue weighted by Crippen LogP contribution is 2.45. The summed E-state index contributed by atoms with van der Waals surface area (Å²) in [6.07, 6.45) is -0.177. The number of hydrogen-bond donors (Lipinski definition) is 1. The van der Waals surface area contributed by atoms with Crippen molar-refractivity contribution >= 4 is 6.09 Å². The zero-order chi connectivity index (χ0) is 14.1. The summed E-state index contributed by atoms with van der Waals surface area (Å²) in [5.41, 5.74) is 1.03. The molecule has 1 heterocycles. The number of benzene rings is 1. The first kappa shape index (κ1) is 13.4. The van der Waals surface area contributed by atoms with Gasteiger partial charge in [0.1, 0.15) is 6.61 Å². The van der Waals surface area contributed by atoms with Crippen LogP contribution in [0.1, 0.15) is 19.4 Å². The number of ether oxygens (including phenoxy) is 1. The van der Waals surface area contributed by atoms with Crippen molar-refractivity contribution < 1.29 is 9.53 Å². The van der Waals surface area contributed by atoms with Gasteiger partial charge in [0.05, 0.1) is 0 Å². The molecular weight excluding hydrogens is 252 g/mol. The number of carbonyl (C=O) groups excluding carboxylic acids is 1. The lowest BCUT2D eigenvalue weighted by Gasteiger charge is -2.20. The third kappa shape index (κ3) is 2.80. The lowest BCUT2D eigenvalue weighted by Crippen LogP contribution is -2.37. The van der Waals surface area contributed by atoms with Gasteiger partial charge in [-0.3, -0.25) is 0 Å². The van der Waals surface area contributed by atoms with Crippen molar-refractivity contribution in [2.75, 3.05) is 13.1 Å². The fourth-order valence-corrected chi connectivity index (χ4v) is 3.12. The third-order valence-electron chi connectivity index (χ3n) is 4.18. The largest absolute Gasteiger partial charge is 0.445 e. The number of hydrogen-bond acceptors (Lipinski definition) is 3. The summed E-state index contributed by atoms with van der Waals surface area (Å²) in [5, 5.41) is 3.56. The van der Waals surface area contributed by atoms with Crippen molar-refractivity contribution in [1.82, 2.24) is 10.2 Å². The smallest absolute Gasteiger partial charge is 0.410 e. The van der Waals surface area contributed by atoms with E-state index in [0.717, 1.165) is 18.7 Å². The molecule has 4 heteroatoms. The second kappa shape index (κ2) is 5.44. The lowest BCUT2D eigenvalue weighted by molar-refractivity contribution is 0.0992. The van der Waals surface area contributed by atoms with Gasteiger partial charge < -0.3 is 15.0 Å². The van der Waals surface area contributed by atoms with Gasteiger partial charge in [-0.1, -0.05) is 44.2 Å². The van der Waals surface area contributed by atoms with E-state index in [-0.39, 0.29) is 6.09 Å². The van der Waals surface area contributed by atoms with E-state index in [1.54, 1.807) is 0 Å². The van der Waals surface area contributed by atoms with Crippen LogP contribution in [0.25, 0.3) is 0 Å². The van der Waals surface area contributed by atoms with Crippen LogP contribution >= 0.6 is 0 Å². The maximum absolute atomic E-state index is 12.0. The second-order valence-electron chi connectivity index (χ2n) is 6.12. The Hall–Kier alpha value is -1.55. The van der Waals surface area contributed by atoms with Crippen molar-refractivity contribution in [1.29, 1.82) is 0 Å². The number of carbonyl (C=O) groups is 1. The van der Waals surface area contributed by atoms with Crippen LogP contribution in [0.2, 0.25) is 0 Å². The van der Waals surface area contributed by atoms with Gasteiger partial charge in [-0.05, 0) is 17.4 Å². The Labute approximate surface area is 120 Å². The summed E-state index contributed by atoms with van der Waals surface area (Å²) >= 11 is 0. The molecule has 1 amide bonds. The monoisotopic (exact) mass is 274 g/mol. The number of rotatable bonds is 4. The quantitative estimate of drug-likeness (QED) is 0.915. The molecule has 0 unspecified atom stereocenters. The molecule has 1 aliphatic carbocycles. The molecule has 0 aromatic heterocycles. The average Bonchev–Trinajstić information content (AvgIpc) is 2.89. The molecule has 20 heavy (non-hydrogen) atoms. The van der Waals surface area contributed by atoms with Gasteiger partial charge in [0.25, 0.3) is 0 Å². The molecule has 3 rings (SSSR count). The Balaban J connectivity index is 1.43. The minimum atomic E-state index is -0.177. The molecule has 2 aliphatic rings. The molecule has 1 aromatic rings. The number of nitrogens with zero attached hydrogens (tertiary/aromatic N) is 1. The first-order chi connectivity index (χ1) is 9.65. The van der Waals surface area contributed by atoms with Crippen LogP contribution < -0.4 is 5.32 Å². The SMILES string of the molecule is CC(C)N[C@@H]1[C@@H]2CN(C(=O)OCc3ccccc3)C[C@@H]21. The molecule has 0 radical (unpaired) electrons. The average molecular weight is 274 g/mol. The van der Waals surface area contributed by atoms with Crippen molar-refractivity contribution in [3.63, 3.8) is 0 Å². The van der Waals surface area contributed by atoms with E-state index in [1.807, 2.05) is 35.2 Å². The highest BCUT2D eigenvalue weighted by atomic mass is 16.6. The number of likely N-dealkylation sites (tertiary alicyclic amines) is 1. The van der Waals surface area contributed by atoms with Crippen LogP contribution in [0.4, 0.5) is 4.79 Å². The van der Waals surface area contributed by atoms with E-state index in [2.05, 4.69) is 19.2 Å². The summed E-state index contributed by atoms with van der Waals surface area (Å²) < 4.78 is 5.36. The number of amides is 1. The molecule has 1 saturated carbocycles. The summed E-state index contributed by atoms with van der Waals surface area (Å²) in [7, 11) is 0. The Kier molecular flexibility index (Phi) is 3.66. The fraction of sp³-hybridized carbons (Fsp3) is 0.562. The highest BCUT2D eigenvalue weighted by Gasteiger charge is 2.56. The molecule has 4 nitrogen and oxygen atoms in total. The molecule has 1 N–H and O–H groups in total. The van der Waals surface area contributed by atoms with Crippen LogP contribution in [0.15, 0.2) is 30.3 Å². The molecule has 1 saturated heterocycles. The first-order valence-electron chi connectivity index (χ1n) is 7.37. The Bertz CT molecular complexity index is 463. The number of nitrogens with one attached hydrogen (secondary N) is 1. The minimum absolute atomic E-state index is 0.177. The van der Waals surface area contributed by atoms with Gasteiger partial charge in [-0.15, -0.1) is 0 Å². The number of fused-ring (bicyclic) bond motifs is 1. The Morgan fingerprint density at radius 2 is 1.95 bits per heavy atom. The highest BCUT2D eigenvalue weighted by molar-refractivity contribution is 5.68. The molecular formula is C16H22N2O2. The van der Waals surface area contributed by atoms with E-state index in [0.29, 0.717) is 30.5 Å². The van der Waals surface area contributed by atoms with Crippen molar-refractivity contribution in [3.05, 3.63) is 35.9 Å². The lowest BCUT2D eigenvalue weighted by atomic mass is 10.2. The van der Waals surface area contributed by atoms with Gasteiger partial charge >= 0.3 is 6.09 Å². The van der Waals surface area contributed by atoms with Crippen molar-refractivity contribution in [3.8, 4) is 0 Å². The summed E-state index contributed by atoms with van der Waals surface area (Å²) in [6.45, 7) is 6.37. The van der Waals surface area contributed by atoms with Crippen LogP contribution in [0, 0.1) is 11.8 Å². The van der Waals surface area contributed by atoms with E-state index < -0.39 is 0 Å². The van der Waals surface area contributed by atoms with Crippen LogP contribution in [-0.2, 0) is 11.3 Å². The summed E-state index contributed by atoms with van der Waals surface area (Å²) in [5.74, 6) is 1.25. The maximum atomic E-state index is 12.0. The molecule has 3 atom stereocenters. The maximum Gasteiger partial charge on any atom is 0.410 e. The fourth-order valence-electron chi connectivity index (χ4n) is 3.12. The molecule has 0 bridgehead atoms. The first-order valence-corrected chi connectivity index (χ1v) is 7.37. The normalized spacial score (nSPS) is 27.6. The predicted octanol–water partition coefficient (Wildman–Crippen LogP) is 2.25. The van der Waals surface area contributed by atoms with Gasteiger partial charge in [-0.25, -0.2) is 4.79 Å². The van der Waals surface area contributed by atoms with Crippen LogP contribution in [0.3, 0.4) is 0 Å². The Morgan fingerprint density at radius 1 is 1.30 bits per heavy atom. The van der Waals surface area contributed by atoms with E-state index in [1.165, 1.54) is 0 Å². The Morgan fingerprint density at radius 3 is 2.55 bits per heavy atom. The van der Waals surface area contributed by atoms with Crippen LogP contribution in [0.5, 0.6) is 0 Å². The third-order valence-corrected chi connectivity index (χ3v) is 4.18. The van der Waals surface area contributed by atoms with E-state index in [4.69, 9.17) is 4.74 Å². The van der Waals surface area contributed by atoms with E-state index >= 15 is 0 Å². The predicted molar refractivity (Wildman–Crippen MR) is 77.2 cm³/mol. The van der Waals surface area contributed by atoms with Gasteiger partial charge in [0.2, 0.25) is 0 Å². The molecule has 2 fully saturated rings. The van der Waals surface area contributed by atoms with Crippen LogP contribution in [-0.4, -0.2) is 36.2 Å². The molecule has 1 aromatic carbocycles. The summed E-state index contributed by atoms with van der Waals surface area (Å²) in [4.78, 5) is 13.8. The second-order valence-corrected chi connectivity index (χ2v) is 6.12. The van der Waals surface area contributed by atoms with Crippen molar-refractivity contribution in [2.24, 2.45) is 11.8 Å². The molecule has 108 valence electrons. The molecule has 1 aliphatic heterocycles. The minimum Gasteiger partial charge on any atom is -0.445 e. The van der Waals surface area contributed by atoms with Gasteiger partial charge in [0, 0.05) is 25.2 Å². The summed E-state index contributed by atoms with van der Waals surface area (Å²) in [6, 6.07) is 10.9. The van der Waals surface area contributed by atoms with Gasteiger partial charge in [-0.2, -0.15) is 0 Å². The number of piperidine rings is 1. The topological polar surface area (TPSA) is 41.6 Å². The standard InChI is InChI=1S/C16H22N2O2/c1-11(2)17-15-13-8-18(9-14(13)15)16(19)20-10-12-6-4-3-5-7-12/h3-7,11,13-15,17H,8-10H2,1-2H3/t13-,14+,15-. The molecule has 0 spiro atoms. The van der Waals surface area contributed by atoms with Gasteiger partial charge in [0.15, 0.2) is 0 Å². The zero-order valence-electron chi connectivity index (χ0n) is 12.1. The van der Waals surface area contributed by atoms with E-state index in [9.17, 15) is 4.79 Å². The zero-order valence-corrected chi connectivity index (χ0v) is 12.1. The van der Waals surface area contributed by atoms with Crippen molar-refractivity contribution in [2.45, 2.75) is 32.5 Å².